The summed E-state index contributed by atoms with van der Waals surface area (Å²) in [6.45, 7) is 7.49. The van der Waals surface area contributed by atoms with Crippen LogP contribution in [0, 0.1) is 17.8 Å². The molecule has 2 saturated carbocycles. The molecule has 4 unspecified atom stereocenters. The molecule has 1 heteroatoms. The summed E-state index contributed by atoms with van der Waals surface area (Å²) in [5.74, 6) is 2.75. The van der Waals surface area contributed by atoms with E-state index in [1.165, 1.54) is 25.7 Å². The largest absolute Gasteiger partial charge is 0.0808 e. The minimum Gasteiger partial charge on any atom is -0.0808 e. The molecule has 3 aliphatic carbocycles. The van der Waals surface area contributed by atoms with E-state index in [9.17, 15) is 0 Å². The Morgan fingerprint density at radius 3 is 2.14 bits per heavy atom. The zero-order chi connectivity index (χ0) is 15.6. The Morgan fingerprint density at radius 2 is 1.55 bits per heavy atom. The second-order valence-corrected chi connectivity index (χ2v) is 13.7. The fourth-order valence-corrected chi connectivity index (χ4v) is 13.3. The predicted molar refractivity (Wildman–Crippen MR) is 101 cm³/mol. The van der Waals surface area contributed by atoms with Crippen LogP contribution in [0.3, 0.4) is 0 Å². The molecule has 0 aromatic heterocycles. The molecule has 0 N–H and O–H groups in total. The van der Waals surface area contributed by atoms with Gasteiger partial charge in [-0.2, -0.15) is 0 Å². The molecule has 0 radical (unpaired) electrons. The summed E-state index contributed by atoms with van der Waals surface area (Å²) in [4.78, 5) is 0. The van der Waals surface area contributed by atoms with Gasteiger partial charge in [-0.15, -0.1) is 0 Å². The van der Waals surface area contributed by atoms with Crippen molar-refractivity contribution >= 4 is 8.07 Å². The van der Waals surface area contributed by atoms with Gasteiger partial charge in [-0.1, -0.05) is 95.7 Å². The fourth-order valence-electron chi connectivity index (χ4n) is 6.61. The lowest BCUT2D eigenvalue weighted by Gasteiger charge is -2.44. The number of rotatable bonds is 6. The van der Waals surface area contributed by atoms with Crippen molar-refractivity contribution in [1.29, 1.82) is 0 Å². The number of hydrogen-bond donors (Lipinski definition) is 0. The van der Waals surface area contributed by atoms with Crippen molar-refractivity contribution in [1.82, 2.24) is 0 Å². The lowest BCUT2D eigenvalue weighted by molar-refractivity contribution is 0.390. The van der Waals surface area contributed by atoms with Gasteiger partial charge in [0.2, 0.25) is 0 Å². The predicted octanol–water partition coefficient (Wildman–Crippen LogP) is 6.97. The highest BCUT2D eigenvalue weighted by Gasteiger charge is 2.53. The molecule has 4 atom stereocenters. The first-order valence-corrected chi connectivity index (χ1v) is 12.7. The molecule has 22 heavy (non-hydrogen) atoms. The monoisotopic (exact) mass is 316 g/mol. The van der Waals surface area contributed by atoms with Crippen molar-refractivity contribution in [2.24, 2.45) is 17.8 Å². The lowest BCUT2D eigenvalue weighted by atomic mass is 9.84. The summed E-state index contributed by atoms with van der Waals surface area (Å²) in [7, 11) is -1.14. The molecule has 0 saturated heterocycles. The molecule has 0 aromatic rings. The molecule has 3 aliphatic rings. The van der Waals surface area contributed by atoms with E-state index >= 15 is 0 Å². The van der Waals surface area contributed by atoms with Gasteiger partial charge in [-0.25, -0.2) is 0 Å². The number of fused-ring (bicyclic) bond motifs is 1. The summed E-state index contributed by atoms with van der Waals surface area (Å²) in [5, 5.41) is 0. The SMILES string of the molecule is CCCC1CC([Si](CC)(CC)C2CCCC2)C2C=CC=CC12. The highest BCUT2D eigenvalue weighted by atomic mass is 28.3. The van der Waals surface area contributed by atoms with Crippen molar-refractivity contribution in [3.63, 3.8) is 0 Å². The summed E-state index contributed by atoms with van der Waals surface area (Å²) >= 11 is 0. The van der Waals surface area contributed by atoms with Gasteiger partial charge >= 0.3 is 0 Å². The summed E-state index contributed by atoms with van der Waals surface area (Å²) < 4.78 is 0. The molecular weight excluding hydrogens is 280 g/mol. The molecular formula is C21H36Si. The average molecular weight is 317 g/mol. The zero-order valence-electron chi connectivity index (χ0n) is 15.1. The van der Waals surface area contributed by atoms with E-state index in [2.05, 4.69) is 45.1 Å². The topological polar surface area (TPSA) is 0 Å². The molecule has 0 aromatic carbocycles. The Labute approximate surface area is 139 Å². The van der Waals surface area contributed by atoms with Crippen molar-refractivity contribution < 1.29 is 0 Å². The van der Waals surface area contributed by atoms with Crippen molar-refractivity contribution in [2.45, 2.75) is 88.9 Å². The first kappa shape index (κ1) is 16.6. The van der Waals surface area contributed by atoms with E-state index in [4.69, 9.17) is 0 Å². The molecule has 0 heterocycles. The molecule has 0 spiro atoms. The Hall–Kier alpha value is -0.303. The molecule has 0 aliphatic heterocycles. The van der Waals surface area contributed by atoms with Gasteiger partial charge in [-0.05, 0) is 35.3 Å². The Kier molecular flexibility index (Phi) is 5.32. The average Bonchev–Trinajstić information content (AvgIpc) is 3.20. The first-order chi connectivity index (χ1) is 10.8. The second kappa shape index (κ2) is 7.07. The molecule has 0 bridgehead atoms. The van der Waals surface area contributed by atoms with E-state index in [-0.39, 0.29) is 0 Å². The quantitative estimate of drug-likeness (QED) is 0.464. The molecule has 124 valence electrons. The van der Waals surface area contributed by atoms with Crippen molar-refractivity contribution in [3.8, 4) is 0 Å². The van der Waals surface area contributed by atoms with Crippen molar-refractivity contribution in [2.75, 3.05) is 0 Å². The lowest BCUT2D eigenvalue weighted by Crippen LogP contribution is -2.44. The van der Waals surface area contributed by atoms with Crippen LogP contribution >= 0.6 is 0 Å². The second-order valence-electron chi connectivity index (χ2n) is 8.24. The minimum absolute atomic E-state index is 0.876. The van der Waals surface area contributed by atoms with Gasteiger partial charge in [0.05, 0.1) is 8.07 Å². The Morgan fingerprint density at radius 1 is 0.909 bits per heavy atom. The van der Waals surface area contributed by atoms with Gasteiger partial charge < -0.3 is 0 Å². The summed E-state index contributed by atoms with van der Waals surface area (Å²) in [6.07, 6.45) is 20.5. The summed E-state index contributed by atoms with van der Waals surface area (Å²) in [5.41, 5.74) is 2.22. The Bertz CT molecular complexity index is 412. The van der Waals surface area contributed by atoms with Crippen LogP contribution in [0.4, 0.5) is 0 Å². The third kappa shape index (κ3) is 2.68. The van der Waals surface area contributed by atoms with Crippen LogP contribution in [0.25, 0.3) is 0 Å². The van der Waals surface area contributed by atoms with Crippen LogP contribution in [0.2, 0.25) is 23.2 Å². The van der Waals surface area contributed by atoms with E-state index < -0.39 is 8.07 Å². The highest BCUT2D eigenvalue weighted by Crippen LogP contribution is 2.60. The van der Waals surface area contributed by atoms with Crippen LogP contribution in [0.15, 0.2) is 24.3 Å². The van der Waals surface area contributed by atoms with Crippen LogP contribution in [0.1, 0.15) is 65.7 Å². The fraction of sp³-hybridized carbons (Fsp3) is 0.810. The maximum Gasteiger partial charge on any atom is 0.0598 e. The third-order valence-electron chi connectivity index (χ3n) is 7.67. The standard InChI is InChI=1S/C21H36Si/c1-4-11-17-16-21(20-15-10-9-14-19(17)20)22(5-2,6-3)18-12-7-8-13-18/h9-10,14-15,17-21H,4-8,11-13,16H2,1-3H3. The smallest absolute Gasteiger partial charge is 0.0598 e. The van der Waals surface area contributed by atoms with E-state index in [1.807, 2.05) is 0 Å². The van der Waals surface area contributed by atoms with E-state index in [0.29, 0.717) is 0 Å². The minimum atomic E-state index is -1.14. The summed E-state index contributed by atoms with van der Waals surface area (Å²) in [6, 6.07) is 3.08. The maximum atomic E-state index is 2.62. The van der Waals surface area contributed by atoms with Gasteiger partial charge in [0, 0.05) is 0 Å². The van der Waals surface area contributed by atoms with Crippen LogP contribution in [-0.2, 0) is 0 Å². The number of hydrogen-bond acceptors (Lipinski definition) is 0. The van der Waals surface area contributed by atoms with Gasteiger partial charge in [0.25, 0.3) is 0 Å². The number of allylic oxidation sites excluding steroid dienone is 4. The highest BCUT2D eigenvalue weighted by molar-refractivity contribution is 6.82. The molecule has 3 rings (SSSR count). The Balaban J connectivity index is 1.90. The van der Waals surface area contributed by atoms with Crippen LogP contribution in [-0.4, -0.2) is 8.07 Å². The van der Waals surface area contributed by atoms with Crippen LogP contribution < -0.4 is 0 Å². The third-order valence-corrected chi connectivity index (χ3v) is 14.6. The van der Waals surface area contributed by atoms with E-state index in [0.717, 1.165) is 28.8 Å². The van der Waals surface area contributed by atoms with E-state index in [1.54, 1.807) is 31.4 Å². The zero-order valence-corrected chi connectivity index (χ0v) is 16.1. The van der Waals surface area contributed by atoms with Gasteiger partial charge in [-0.3, -0.25) is 0 Å². The molecule has 2 fully saturated rings. The maximum absolute atomic E-state index is 2.62. The molecule has 0 nitrogen and oxygen atoms in total. The first-order valence-electron chi connectivity index (χ1n) is 10.1. The van der Waals surface area contributed by atoms with Crippen molar-refractivity contribution in [3.05, 3.63) is 24.3 Å². The normalized spacial score (nSPS) is 35.2. The van der Waals surface area contributed by atoms with Gasteiger partial charge in [0.15, 0.2) is 0 Å². The molecule has 0 amide bonds. The van der Waals surface area contributed by atoms with Gasteiger partial charge in [0.1, 0.15) is 0 Å². The van der Waals surface area contributed by atoms with Crippen LogP contribution in [0.5, 0.6) is 0 Å².